The summed E-state index contributed by atoms with van der Waals surface area (Å²) in [7, 11) is 0. The van der Waals surface area contributed by atoms with Crippen molar-refractivity contribution >= 4 is 11.1 Å². The van der Waals surface area contributed by atoms with Gasteiger partial charge in [0.1, 0.15) is 5.75 Å². The lowest BCUT2D eigenvalue weighted by Gasteiger charge is -2.12. The molecule has 0 heterocycles. The average molecular weight is 298 g/mol. The van der Waals surface area contributed by atoms with E-state index in [0.29, 0.717) is 0 Å². The van der Waals surface area contributed by atoms with Crippen LogP contribution in [0.5, 0.6) is 5.75 Å². The van der Waals surface area contributed by atoms with Gasteiger partial charge in [-0.25, -0.2) is 0 Å². The first-order valence-electron chi connectivity index (χ1n) is 7.49. The van der Waals surface area contributed by atoms with Crippen LogP contribution in [-0.4, -0.2) is 5.11 Å². The van der Waals surface area contributed by atoms with Crippen LogP contribution in [0.2, 0.25) is 0 Å². The molecule has 1 heteroatoms. The maximum atomic E-state index is 10.2. The Balaban J connectivity index is 2.00. The molecule has 0 bridgehead atoms. The van der Waals surface area contributed by atoms with Crippen molar-refractivity contribution in [1.29, 1.82) is 0 Å². The number of phenolic OH excluding ortho intramolecular Hbond substituents is 1. The molecule has 23 heavy (non-hydrogen) atoms. The first-order valence-corrected chi connectivity index (χ1v) is 7.49. The van der Waals surface area contributed by atoms with Crippen molar-refractivity contribution in [3.05, 3.63) is 114 Å². The van der Waals surface area contributed by atoms with E-state index in [9.17, 15) is 5.11 Å². The molecule has 0 atom stereocenters. The molecule has 0 saturated carbocycles. The molecule has 3 aromatic rings. The van der Waals surface area contributed by atoms with Crippen LogP contribution < -0.4 is 0 Å². The third kappa shape index (κ3) is 3.09. The van der Waals surface area contributed by atoms with Gasteiger partial charge in [-0.1, -0.05) is 79.9 Å². The summed E-state index contributed by atoms with van der Waals surface area (Å²) in [6.07, 6.45) is 0. The van der Waals surface area contributed by atoms with Crippen molar-refractivity contribution in [2.24, 2.45) is 0 Å². The summed E-state index contributed by atoms with van der Waals surface area (Å²) >= 11 is 0. The van der Waals surface area contributed by atoms with Gasteiger partial charge in [0.15, 0.2) is 0 Å². The van der Waals surface area contributed by atoms with E-state index in [1.807, 2.05) is 72.8 Å². The Morgan fingerprint density at radius 1 is 0.609 bits per heavy atom. The van der Waals surface area contributed by atoms with Crippen LogP contribution in [0.25, 0.3) is 11.1 Å². The average Bonchev–Trinajstić information content (AvgIpc) is 2.62. The highest BCUT2D eigenvalue weighted by Crippen LogP contribution is 2.32. The molecule has 112 valence electrons. The first kappa shape index (κ1) is 14.9. The van der Waals surface area contributed by atoms with Crippen LogP contribution in [0.4, 0.5) is 0 Å². The van der Waals surface area contributed by atoms with E-state index in [-0.39, 0.29) is 5.75 Å². The maximum Gasteiger partial charge on any atom is 0.123 e. The summed E-state index contributed by atoms with van der Waals surface area (Å²) in [5.41, 5.74) is 5.48. The van der Waals surface area contributed by atoms with Gasteiger partial charge in [-0.3, -0.25) is 0 Å². The van der Waals surface area contributed by atoms with Crippen LogP contribution in [0.3, 0.4) is 0 Å². The highest BCUT2D eigenvalue weighted by molar-refractivity contribution is 5.85. The second-order valence-electron chi connectivity index (χ2n) is 5.42. The second-order valence-corrected chi connectivity index (χ2v) is 5.42. The summed E-state index contributed by atoms with van der Waals surface area (Å²) < 4.78 is 0. The first-order chi connectivity index (χ1) is 11.2. The van der Waals surface area contributed by atoms with Gasteiger partial charge >= 0.3 is 0 Å². The maximum absolute atomic E-state index is 10.2. The Hall–Kier alpha value is -3.06. The number of phenols is 1. The van der Waals surface area contributed by atoms with Crippen molar-refractivity contribution in [1.82, 2.24) is 0 Å². The normalized spacial score (nSPS) is 10.3. The molecule has 0 spiro atoms. The summed E-state index contributed by atoms with van der Waals surface area (Å²) in [5.74, 6) is 0.225. The fraction of sp³-hybridized carbons (Fsp3) is 0. The molecule has 3 aromatic carbocycles. The Morgan fingerprint density at radius 3 is 1.70 bits per heavy atom. The van der Waals surface area contributed by atoms with E-state index >= 15 is 0 Å². The Morgan fingerprint density at radius 2 is 1.13 bits per heavy atom. The summed E-state index contributed by atoms with van der Waals surface area (Å²) in [5, 5.41) is 10.2. The van der Waals surface area contributed by atoms with Crippen molar-refractivity contribution < 1.29 is 5.11 Å². The zero-order chi connectivity index (χ0) is 16.2. The lowest BCUT2D eigenvalue weighted by Crippen LogP contribution is -1.91. The Kier molecular flexibility index (Phi) is 4.11. The Bertz CT molecular complexity index is 846. The number of rotatable bonds is 4. The third-order valence-corrected chi connectivity index (χ3v) is 3.91. The van der Waals surface area contributed by atoms with Crippen LogP contribution in [0, 0.1) is 0 Å². The number of hydrogen-bond donors (Lipinski definition) is 1. The minimum atomic E-state index is 0.225. The lowest BCUT2D eigenvalue weighted by molar-refractivity contribution is 0.473. The molecular weight excluding hydrogens is 280 g/mol. The number of benzene rings is 3. The molecule has 0 aliphatic heterocycles. The van der Waals surface area contributed by atoms with Crippen molar-refractivity contribution in [3.63, 3.8) is 0 Å². The highest BCUT2D eigenvalue weighted by atomic mass is 16.3. The van der Waals surface area contributed by atoms with Gasteiger partial charge in [-0.2, -0.15) is 0 Å². The SMILES string of the molecule is C=C(c1ccccc1)c1ccc(O)c(C(=C)c2ccccc2)c1. The summed E-state index contributed by atoms with van der Waals surface area (Å²) in [4.78, 5) is 0. The number of aromatic hydroxyl groups is 1. The highest BCUT2D eigenvalue weighted by Gasteiger charge is 2.10. The van der Waals surface area contributed by atoms with Crippen molar-refractivity contribution in [2.75, 3.05) is 0 Å². The van der Waals surface area contributed by atoms with E-state index in [1.54, 1.807) is 6.07 Å². The lowest BCUT2D eigenvalue weighted by atomic mass is 9.93. The van der Waals surface area contributed by atoms with Crippen LogP contribution >= 0.6 is 0 Å². The predicted molar refractivity (Wildman–Crippen MR) is 97.3 cm³/mol. The van der Waals surface area contributed by atoms with Gasteiger partial charge in [0.2, 0.25) is 0 Å². The molecule has 1 nitrogen and oxygen atoms in total. The van der Waals surface area contributed by atoms with Crippen molar-refractivity contribution in [2.45, 2.75) is 0 Å². The molecule has 0 unspecified atom stereocenters. The van der Waals surface area contributed by atoms with E-state index in [2.05, 4.69) is 13.2 Å². The fourth-order valence-electron chi connectivity index (χ4n) is 2.57. The molecule has 3 rings (SSSR count). The van der Waals surface area contributed by atoms with Gasteiger partial charge in [-0.05, 0) is 40.0 Å². The quantitative estimate of drug-likeness (QED) is 0.673. The smallest absolute Gasteiger partial charge is 0.123 e. The molecule has 0 aromatic heterocycles. The van der Waals surface area contributed by atoms with E-state index < -0.39 is 0 Å². The van der Waals surface area contributed by atoms with E-state index in [0.717, 1.165) is 33.4 Å². The molecule has 0 aliphatic carbocycles. The number of hydrogen-bond acceptors (Lipinski definition) is 1. The zero-order valence-corrected chi connectivity index (χ0v) is 12.9. The van der Waals surface area contributed by atoms with Gasteiger partial charge < -0.3 is 5.11 Å². The third-order valence-electron chi connectivity index (χ3n) is 3.91. The molecule has 0 radical (unpaired) electrons. The van der Waals surface area contributed by atoms with E-state index in [4.69, 9.17) is 0 Å². The van der Waals surface area contributed by atoms with Crippen LogP contribution in [-0.2, 0) is 0 Å². The molecule has 1 N–H and O–H groups in total. The molecule has 0 fully saturated rings. The van der Waals surface area contributed by atoms with Gasteiger partial charge in [0, 0.05) is 5.56 Å². The second kappa shape index (κ2) is 6.37. The molecule has 0 saturated heterocycles. The monoisotopic (exact) mass is 298 g/mol. The van der Waals surface area contributed by atoms with Gasteiger partial charge in [0.25, 0.3) is 0 Å². The summed E-state index contributed by atoms with van der Waals surface area (Å²) in [6, 6.07) is 25.4. The van der Waals surface area contributed by atoms with Crippen LogP contribution in [0.1, 0.15) is 22.3 Å². The Labute approximate surface area is 136 Å². The summed E-state index contributed by atoms with van der Waals surface area (Å²) in [6.45, 7) is 8.33. The van der Waals surface area contributed by atoms with E-state index in [1.165, 1.54) is 0 Å². The van der Waals surface area contributed by atoms with Gasteiger partial charge in [0.05, 0.1) is 0 Å². The van der Waals surface area contributed by atoms with Crippen LogP contribution in [0.15, 0.2) is 92.0 Å². The topological polar surface area (TPSA) is 20.2 Å². The van der Waals surface area contributed by atoms with Gasteiger partial charge in [-0.15, -0.1) is 0 Å². The minimum absolute atomic E-state index is 0.225. The minimum Gasteiger partial charge on any atom is -0.507 e. The largest absolute Gasteiger partial charge is 0.507 e. The predicted octanol–water partition coefficient (Wildman–Crippen LogP) is 5.52. The molecular formula is C22H18O. The van der Waals surface area contributed by atoms with Crippen molar-refractivity contribution in [3.8, 4) is 5.75 Å². The standard InChI is InChI=1S/C22H18O/c1-16(18-9-5-3-6-10-18)20-13-14-22(23)21(15-20)17(2)19-11-7-4-8-12-19/h3-15,23H,1-2H2. The molecule has 0 aliphatic rings. The fourth-order valence-corrected chi connectivity index (χ4v) is 2.57. The molecule has 0 amide bonds. The zero-order valence-electron chi connectivity index (χ0n) is 12.9.